The Morgan fingerprint density at radius 3 is 2.67 bits per heavy atom. The number of hydrogen-bond acceptors (Lipinski definition) is 0. The highest BCUT2D eigenvalue weighted by Crippen LogP contribution is 1.78. The smallest absolute Gasteiger partial charge is 0.123 e. The van der Waals surface area contributed by atoms with Gasteiger partial charge in [0.1, 0.15) is 6.04 Å². The topological polar surface area (TPSA) is 16.6 Å². The molecule has 0 saturated carbocycles. The average molecular weight is 126 g/mol. The third-order valence-corrected chi connectivity index (χ3v) is 1.19. The first-order chi connectivity index (χ1) is 4.35. The van der Waals surface area contributed by atoms with E-state index in [-0.39, 0.29) is 0 Å². The van der Waals surface area contributed by atoms with E-state index in [1.807, 2.05) is 13.0 Å². The van der Waals surface area contributed by atoms with Crippen molar-refractivity contribution in [1.82, 2.24) is 0 Å². The van der Waals surface area contributed by atoms with Gasteiger partial charge in [-0.1, -0.05) is 12.7 Å². The van der Waals surface area contributed by atoms with Gasteiger partial charge in [0.2, 0.25) is 0 Å². The SMILES string of the molecule is C=CC(/C=C\C)[NH2+]CC. The van der Waals surface area contributed by atoms with Crippen LogP contribution in [0.3, 0.4) is 0 Å². The summed E-state index contributed by atoms with van der Waals surface area (Å²) >= 11 is 0. The molecule has 0 aromatic rings. The fraction of sp³-hybridized carbons (Fsp3) is 0.500. The second-order valence-corrected chi connectivity index (χ2v) is 1.98. The second kappa shape index (κ2) is 5.57. The minimum Gasteiger partial charge on any atom is -0.338 e. The Balaban J connectivity index is 3.53. The van der Waals surface area contributed by atoms with Crippen LogP contribution >= 0.6 is 0 Å². The lowest BCUT2D eigenvalue weighted by Crippen LogP contribution is -2.88. The molecule has 1 nitrogen and oxygen atoms in total. The van der Waals surface area contributed by atoms with Gasteiger partial charge in [0.25, 0.3) is 0 Å². The molecule has 0 radical (unpaired) electrons. The molecule has 0 aliphatic carbocycles. The van der Waals surface area contributed by atoms with E-state index in [1.165, 1.54) is 0 Å². The Labute approximate surface area is 57.5 Å². The highest BCUT2D eigenvalue weighted by molar-refractivity contribution is 4.95. The third-order valence-electron chi connectivity index (χ3n) is 1.19. The molecule has 0 aromatic carbocycles. The van der Waals surface area contributed by atoms with E-state index in [2.05, 4.69) is 31.0 Å². The predicted molar refractivity (Wildman–Crippen MR) is 41.3 cm³/mol. The summed E-state index contributed by atoms with van der Waals surface area (Å²) < 4.78 is 0. The van der Waals surface area contributed by atoms with E-state index in [0.717, 1.165) is 6.54 Å². The van der Waals surface area contributed by atoms with Crippen LogP contribution in [0.1, 0.15) is 13.8 Å². The highest BCUT2D eigenvalue weighted by Gasteiger charge is 1.95. The summed E-state index contributed by atoms with van der Waals surface area (Å²) in [6, 6.07) is 0.472. The molecule has 1 atom stereocenters. The van der Waals surface area contributed by atoms with Crippen LogP contribution in [0.5, 0.6) is 0 Å². The molecule has 0 bridgehead atoms. The number of nitrogens with two attached hydrogens (primary N) is 1. The largest absolute Gasteiger partial charge is 0.338 e. The van der Waals surface area contributed by atoms with Gasteiger partial charge in [-0.05, 0) is 26.0 Å². The number of likely N-dealkylation sites (N-methyl/N-ethyl adjacent to an activating group) is 1. The van der Waals surface area contributed by atoms with Gasteiger partial charge in [0.15, 0.2) is 0 Å². The van der Waals surface area contributed by atoms with Crippen LogP contribution in [-0.2, 0) is 0 Å². The molecule has 0 spiro atoms. The highest BCUT2D eigenvalue weighted by atomic mass is 14.9. The molecule has 52 valence electrons. The number of allylic oxidation sites excluding steroid dienone is 1. The fourth-order valence-electron chi connectivity index (χ4n) is 0.748. The molecular formula is C8H16N+. The quantitative estimate of drug-likeness (QED) is 0.534. The minimum atomic E-state index is 0.472. The fourth-order valence-corrected chi connectivity index (χ4v) is 0.748. The van der Waals surface area contributed by atoms with Gasteiger partial charge in [-0.15, -0.1) is 0 Å². The maximum Gasteiger partial charge on any atom is 0.123 e. The van der Waals surface area contributed by atoms with Crippen molar-refractivity contribution >= 4 is 0 Å². The predicted octanol–water partition coefficient (Wildman–Crippen LogP) is 0.700. The first kappa shape index (κ1) is 8.44. The summed E-state index contributed by atoms with van der Waals surface area (Å²) in [6.45, 7) is 8.99. The number of hydrogen-bond donors (Lipinski definition) is 1. The molecule has 9 heavy (non-hydrogen) atoms. The first-order valence-electron chi connectivity index (χ1n) is 3.43. The average Bonchev–Trinajstić information content (AvgIpc) is 1.88. The van der Waals surface area contributed by atoms with E-state index in [4.69, 9.17) is 0 Å². The molecule has 1 heteroatoms. The van der Waals surface area contributed by atoms with Crippen molar-refractivity contribution in [2.75, 3.05) is 6.54 Å². The molecule has 0 aliphatic heterocycles. The molecule has 0 fully saturated rings. The molecule has 0 aromatic heterocycles. The normalized spacial score (nSPS) is 14.0. The third kappa shape index (κ3) is 3.98. The van der Waals surface area contributed by atoms with Gasteiger partial charge < -0.3 is 5.32 Å². The van der Waals surface area contributed by atoms with Crippen molar-refractivity contribution in [3.8, 4) is 0 Å². The Morgan fingerprint density at radius 2 is 2.33 bits per heavy atom. The zero-order valence-electron chi connectivity index (χ0n) is 6.30. The Bertz CT molecular complexity index is 94.7. The molecular weight excluding hydrogens is 110 g/mol. The molecule has 0 aliphatic rings. The lowest BCUT2D eigenvalue weighted by Gasteiger charge is -2.02. The van der Waals surface area contributed by atoms with E-state index in [0.29, 0.717) is 6.04 Å². The van der Waals surface area contributed by atoms with Crippen molar-refractivity contribution < 1.29 is 5.32 Å². The van der Waals surface area contributed by atoms with Gasteiger partial charge in [-0.3, -0.25) is 0 Å². The molecule has 0 rings (SSSR count). The van der Waals surface area contributed by atoms with Crippen molar-refractivity contribution in [3.63, 3.8) is 0 Å². The zero-order valence-corrected chi connectivity index (χ0v) is 6.30. The van der Waals surface area contributed by atoms with Gasteiger partial charge >= 0.3 is 0 Å². The summed E-state index contributed by atoms with van der Waals surface area (Å²) in [5, 5.41) is 2.23. The molecule has 1 unspecified atom stereocenters. The molecule has 2 N–H and O–H groups in total. The lowest BCUT2D eigenvalue weighted by atomic mass is 10.2. The van der Waals surface area contributed by atoms with E-state index < -0.39 is 0 Å². The van der Waals surface area contributed by atoms with Crippen LogP contribution in [-0.4, -0.2) is 12.6 Å². The van der Waals surface area contributed by atoms with Crippen molar-refractivity contribution in [1.29, 1.82) is 0 Å². The molecule has 0 saturated heterocycles. The number of quaternary nitrogens is 1. The van der Waals surface area contributed by atoms with E-state index in [1.54, 1.807) is 0 Å². The Kier molecular flexibility index (Phi) is 5.23. The van der Waals surface area contributed by atoms with Crippen molar-refractivity contribution in [2.24, 2.45) is 0 Å². The van der Waals surface area contributed by atoms with Crippen LogP contribution in [0, 0.1) is 0 Å². The molecule has 0 amide bonds. The summed E-state index contributed by atoms with van der Waals surface area (Å²) in [5.41, 5.74) is 0. The minimum absolute atomic E-state index is 0.472. The van der Waals surface area contributed by atoms with Crippen LogP contribution in [0.2, 0.25) is 0 Å². The maximum atomic E-state index is 3.72. The summed E-state index contributed by atoms with van der Waals surface area (Å²) in [5.74, 6) is 0. The van der Waals surface area contributed by atoms with Gasteiger partial charge in [-0.25, -0.2) is 0 Å². The Hall–Kier alpha value is -0.560. The van der Waals surface area contributed by atoms with Gasteiger partial charge in [-0.2, -0.15) is 0 Å². The standard InChI is InChI=1S/C8H15N/c1-4-7-8(5-2)9-6-3/h4-5,7-9H,2,6H2,1,3H3/p+1/b7-4-. The maximum absolute atomic E-state index is 3.72. The number of rotatable bonds is 4. The van der Waals surface area contributed by atoms with Crippen molar-refractivity contribution in [2.45, 2.75) is 19.9 Å². The van der Waals surface area contributed by atoms with E-state index >= 15 is 0 Å². The van der Waals surface area contributed by atoms with Gasteiger partial charge in [0.05, 0.1) is 6.54 Å². The van der Waals surface area contributed by atoms with Crippen LogP contribution in [0.15, 0.2) is 24.8 Å². The molecule has 0 heterocycles. The Morgan fingerprint density at radius 1 is 1.67 bits per heavy atom. The van der Waals surface area contributed by atoms with Crippen molar-refractivity contribution in [3.05, 3.63) is 24.8 Å². The summed E-state index contributed by atoms with van der Waals surface area (Å²) in [6.07, 6.45) is 6.14. The second-order valence-electron chi connectivity index (χ2n) is 1.98. The van der Waals surface area contributed by atoms with Gasteiger partial charge in [0, 0.05) is 0 Å². The van der Waals surface area contributed by atoms with E-state index in [9.17, 15) is 0 Å². The zero-order chi connectivity index (χ0) is 7.11. The lowest BCUT2D eigenvalue weighted by molar-refractivity contribution is -0.666. The van der Waals surface area contributed by atoms with Crippen LogP contribution in [0.25, 0.3) is 0 Å². The summed E-state index contributed by atoms with van der Waals surface area (Å²) in [4.78, 5) is 0. The van der Waals surface area contributed by atoms with Crippen LogP contribution < -0.4 is 5.32 Å². The monoisotopic (exact) mass is 126 g/mol. The van der Waals surface area contributed by atoms with Crippen LogP contribution in [0.4, 0.5) is 0 Å². The summed E-state index contributed by atoms with van der Waals surface area (Å²) in [7, 11) is 0. The first-order valence-corrected chi connectivity index (χ1v) is 3.43.